The third kappa shape index (κ3) is 2.58. The Balaban J connectivity index is 1.55. The molecule has 0 radical (unpaired) electrons. The normalized spacial score (nSPS) is 45.3. The summed E-state index contributed by atoms with van der Waals surface area (Å²) >= 11 is 2.06. The first-order valence-electron chi connectivity index (χ1n) is 8.03. The molecule has 0 spiro atoms. The molecule has 1 aliphatic heterocycles. The van der Waals surface area contributed by atoms with Gasteiger partial charge in [0.05, 0.1) is 6.10 Å². The second-order valence-corrected chi connectivity index (χ2v) is 8.41. The van der Waals surface area contributed by atoms with Crippen molar-refractivity contribution in [1.29, 1.82) is 0 Å². The maximum absolute atomic E-state index is 6.00. The van der Waals surface area contributed by atoms with Gasteiger partial charge in [-0.2, -0.15) is 11.8 Å². The number of hydrogen-bond acceptors (Lipinski definition) is 3. The Hall–Kier alpha value is 0.270. The average Bonchev–Trinajstić information content (AvgIpc) is 2.45. The lowest BCUT2D eigenvalue weighted by Crippen LogP contribution is -2.70. The van der Waals surface area contributed by atoms with Gasteiger partial charge in [0.1, 0.15) is 0 Å². The fraction of sp³-hybridized carbons (Fsp3) is 1.00. The second kappa shape index (κ2) is 5.57. The Morgan fingerprint density at radius 3 is 2.53 bits per heavy atom. The van der Waals surface area contributed by atoms with E-state index >= 15 is 0 Å². The molecule has 2 nitrogen and oxygen atoms in total. The zero-order chi connectivity index (χ0) is 13.5. The van der Waals surface area contributed by atoms with E-state index < -0.39 is 0 Å². The molecule has 1 heterocycles. The van der Waals surface area contributed by atoms with Crippen LogP contribution in [0.3, 0.4) is 0 Å². The minimum atomic E-state index is 0.335. The lowest BCUT2D eigenvalue weighted by molar-refractivity contribution is -0.194. The predicted molar refractivity (Wildman–Crippen MR) is 82.7 cm³/mol. The molecule has 2 saturated carbocycles. The van der Waals surface area contributed by atoms with Gasteiger partial charge in [-0.25, -0.2) is 0 Å². The molecule has 19 heavy (non-hydrogen) atoms. The first-order chi connectivity index (χ1) is 9.13. The Morgan fingerprint density at radius 2 is 1.84 bits per heavy atom. The molecule has 1 N–H and O–H groups in total. The second-order valence-electron chi connectivity index (χ2n) is 7.27. The van der Waals surface area contributed by atoms with Gasteiger partial charge in [0, 0.05) is 35.3 Å². The number of ether oxygens (including phenoxy) is 1. The minimum Gasteiger partial charge on any atom is -0.377 e. The van der Waals surface area contributed by atoms with Crippen molar-refractivity contribution < 1.29 is 4.74 Å². The lowest BCUT2D eigenvalue weighted by atomic mass is 9.55. The highest BCUT2D eigenvalue weighted by atomic mass is 32.2. The Morgan fingerprint density at radius 1 is 1.11 bits per heavy atom. The van der Waals surface area contributed by atoms with Crippen LogP contribution in [0, 0.1) is 11.3 Å². The van der Waals surface area contributed by atoms with Crippen LogP contribution in [0.25, 0.3) is 0 Å². The van der Waals surface area contributed by atoms with E-state index in [4.69, 9.17) is 4.74 Å². The van der Waals surface area contributed by atoms with Crippen LogP contribution in [0.2, 0.25) is 0 Å². The molecule has 3 rings (SSSR count). The van der Waals surface area contributed by atoms with Gasteiger partial charge >= 0.3 is 0 Å². The van der Waals surface area contributed by atoms with Crippen LogP contribution in [0.4, 0.5) is 0 Å². The summed E-state index contributed by atoms with van der Waals surface area (Å²) in [6.07, 6.45) is 10.9. The summed E-state index contributed by atoms with van der Waals surface area (Å²) in [5, 5.41) is 4.92. The molecule has 0 bridgehead atoms. The van der Waals surface area contributed by atoms with Crippen molar-refractivity contribution in [1.82, 2.24) is 5.32 Å². The molecule has 3 fully saturated rings. The number of nitrogens with one attached hydrogen (secondary N) is 1. The van der Waals surface area contributed by atoms with Crippen molar-refractivity contribution in [3.63, 3.8) is 0 Å². The highest BCUT2D eigenvalue weighted by Crippen LogP contribution is 2.51. The Labute approximate surface area is 122 Å². The van der Waals surface area contributed by atoms with Crippen LogP contribution in [0.5, 0.6) is 0 Å². The van der Waals surface area contributed by atoms with Crippen LogP contribution < -0.4 is 5.32 Å². The van der Waals surface area contributed by atoms with Gasteiger partial charge in [-0.1, -0.05) is 13.8 Å². The molecule has 3 unspecified atom stereocenters. The number of fused-ring (bicyclic) bond motifs is 1. The fourth-order valence-corrected chi connectivity index (χ4v) is 5.32. The van der Waals surface area contributed by atoms with Gasteiger partial charge < -0.3 is 10.1 Å². The molecule has 2 aliphatic carbocycles. The van der Waals surface area contributed by atoms with Crippen LogP contribution >= 0.6 is 11.8 Å². The maximum atomic E-state index is 6.00. The number of thioether (sulfide) groups is 1. The van der Waals surface area contributed by atoms with E-state index in [0.29, 0.717) is 17.6 Å². The Kier molecular flexibility index (Phi) is 4.17. The summed E-state index contributed by atoms with van der Waals surface area (Å²) in [6, 6.07) is 1.45. The van der Waals surface area contributed by atoms with Crippen molar-refractivity contribution in [3.8, 4) is 0 Å². The summed E-state index contributed by atoms with van der Waals surface area (Å²) in [6.45, 7) is 5.77. The van der Waals surface area contributed by atoms with Crippen LogP contribution in [-0.4, -0.2) is 36.3 Å². The molecular weight excluding hydrogens is 254 g/mol. The summed E-state index contributed by atoms with van der Waals surface area (Å²) < 4.78 is 6.00. The average molecular weight is 283 g/mol. The van der Waals surface area contributed by atoms with Crippen molar-refractivity contribution >= 4 is 11.8 Å². The van der Waals surface area contributed by atoms with Crippen molar-refractivity contribution in [3.05, 3.63) is 0 Å². The molecule has 3 heteroatoms. The zero-order valence-electron chi connectivity index (χ0n) is 12.7. The van der Waals surface area contributed by atoms with E-state index in [9.17, 15) is 0 Å². The summed E-state index contributed by atoms with van der Waals surface area (Å²) in [5.41, 5.74) is 0.335. The third-order valence-electron chi connectivity index (χ3n) is 5.75. The lowest BCUT2D eigenvalue weighted by Gasteiger charge is -2.61. The van der Waals surface area contributed by atoms with E-state index in [2.05, 4.69) is 37.2 Å². The first kappa shape index (κ1) is 14.2. The van der Waals surface area contributed by atoms with Crippen molar-refractivity contribution in [2.45, 2.75) is 75.8 Å². The molecule has 3 atom stereocenters. The van der Waals surface area contributed by atoms with E-state index in [-0.39, 0.29) is 0 Å². The molecule has 110 valence electrons. The van der Waals surface area contributed by atoms with Gasteiger partial charge in [-0.3, -0.25) is 0 Å². The quantitative estimate of drug-likeness (QED) is 0.857. The van der Waals surface area contributed by atoms with E-state index in [1.165, 1.54) is 38.5 Å². The summed E-state index contributed by atoms with van der Waals surface area (Å²) in [5.74, 6) is 0.780. The third-order valence-corrected chi connectivity index (χ3v) is 6.89. The van der Waals surface area contributed by atoms with Crippen molar-refractivity contribution in [2.24, 2.45) is 11.3 Å². The topological polar surface area (TPSA) is 21.3 Å². The molecule has 0 amide bonds. The molecule has 0 aromatic rings. The van der Waals surface area contributed by atoms with Crippen LogP contribution in [0.15, 0.2) is 0 Å². The zero-order valence-corrected chi connectivity index (χ0v) is 13.5. The SMILES string of the molecule is CSC1CCC(NC2C3CCCOC3C2(C)C)CC1. The van der Waals surface area contributed by atoms with Gasteiger partial charge in [0.25, 0.3) is 0 Å². The van der Waals surface area contributed by atoms with Crippen molar-refractivity contribution in [2.75, 3.05) is 12.9 Å². The highest BCUT2D eigenvalue weighted by molar-refractivity contribution is 7.99. The largest absolute Gasteiger partial charge is 0.377 e. The van der Waals surface area contributed by atoms with Gasteiger partial charge in [-0.15, -0.1) is 0 Å². The highest BCUT2D eigenvalue weighted by Gasteiger charge is 2.58. The number of rotatable bonds is 3. The Bertz CT molecular complexity index is 312. The standard InChI is InChI=1S/C16H29NOS/c1-16(2)14(13-5-4-10-18-15(13)16)17-11-6-8-12(19-3)9-7-11/h11-15,17H,4-10H2,1-3H3. The van der Waals surface area contributed by atoms with Gasteiger partial charge in [0.15, 0.2) is 0 Å². The van der Waals surface area contributed by atoms with E-state index in [1.807, 2.05) is 0 Å². The molecule has 1 saturated heterocycles. The predicted octanol–water partition coefficient (Wildman–Crippen LogP) is 3.45. The molecule has 0 aromatic heterocycles. The molecule has 3 aliphatic rings. The number of hydrogen-bond donors (Lipinski definition) is 1. The maximum Gasteiger partial charge on any atom is 0.0684 e. The monoisotopic (exact) mass is 283 g/mol. The van der Waals surface area contributed by atoms with Gasteiger partial charge in [0.2, 0.25) is 0 Å². The van der Waals surface area contributed by atoms with Crippen LogP contribution in [0.1, 0.15) is 52.4 Å². The molecule has 0 aromatic carbocycles. The van der Waals surface area contributed by atoms with Gasteiger partial charge in [-0.05, 0) is 44.8 Å². The smallest absolute Gasteiger partial charge is 0.0684 e. The summed E-state index contributed by atoms with van der Waals surface area (Å²) in [4.78, 5) is 0. The first-order valence-corrected chi connectivity index (χ1v) is 9.32. The fourth-order valence-electron chi connectivity index (χ4n) is 4.58. The minimum absolute atomic E-state index is 0.335. The molecular formula is C16H29NOS. The summed E-state index contributed by atoms with van der Waals surface area (Å²) in [7, 11) is 0. The van der Waals surface area contributed by atoms with E-state index in [1.54, 1.807) is 0 Å². The van der Waals surface area contributed by atoms with E-state index in [0.717, 1.165) is 23.8 Å². The van der Waals surface area contributed by atoms with Crippen LogP contribution in [-0.2, 0) is 4.74 Å².